The van der Waals surface area contributed by atoms with Gasteiger partial charge >= 0.3 is 0 Å². The highest BCUT2D eigenvalue weighted by Gasteiger charge is 2.16. The fourth-order valence-electron chi connectivity index (χ4n) is 1.90. The predicted molar refractivity (Wildman–Crippen MR) is 84.9 cm³/mol. The molecule has 0 spiro atoms. The van der Waals surface area contributed by atoms with E-state index < -0.39 is 0 Å². The zero-order chi connectivity index (χ0) is 14.1. The fraction of sp³-hybridized carbons (Fsp3) is 0.214. The minimum atomic E-state index is 0.278. The Bertz CT molecular complexity index is 722. The summed E-state index contributed by atoms with van der Waals surface area (Å²) in [5.41, 5.74) is 2.00. The molecule has 0 bridgehead atoms. The summed E-state index contributed by atoms with van der Waals surface area (Å²) >= 11 is 9.41. The van der Waals surface area contributed by atoms with Gasteiger partial charge in [-0.05, 0) is 29.8 Å². The number of benzene rings is 1. The molecule has 0 fully saturated rings. The summed E-state index contributed by atoms with van der Waals surface area (Å²) in [4.78, 5) is 13.0. The van der Waals surface area contributed by atoms with Crippen molar-refractivity contribution in [3.63, 3.8) is 0 Å². The van der Waals surface area contributed by atoms with Crippen LogP contribution < -0.4 is 0 Å². The van der Waals surface area contributed by atoms with E-state index in [0.29, 0.717) is 5.15 Å². The topological polar surface area (TPSA) is 38.7 Å². The van der Waals surface area contributed by atoms with E-state index in [-0.39, 0.29) is 5.92 Å². The molecule has 0 aliphatic rings. The Morgan fingerprint density at radius 2 is 2.00 bits per heavy atom. The zero-order valence-corrected chi connectivity index (χ0v) is 13.4. The molecular formula is C14H12ClN3S2. The van der Waals surface area contributed by atoms with Gasteiger partial charge in [0.1, 0.15) is 16.5 Å². The van der Waals surface area contributed by atoms with Gasteiger partial charge in [-0.2, -0.15) is 0 Å². The zero-order valence-electron chi connectivity index (χ0n) is 11.0. The van der Waals surface area contributed by atoms with Crippen LogP contribution in [0, 0.1) is 0 Å². The lowest BCUT2D eigenvalue weighted by Crippen LogP contribution is -1.97. The third-order valence-corrected chi connectivity index (χ3v) is 5.25. The maximum Gasteiger partial charge on any atom is 0.157 e. The Kier molecular flexibility index (Phi) is 3.92. The number of para-hydroxylation sites is 1. The highest BCUT2D eigenvalue weighted by atomic mass is 35.5. The second-order valence-corrected chi connectivity index (χ2v) is 7.21. The number of aromatic nitrogens is 3. The van der Waals surface area contributed by atoms with Crippen LogP contribution in [0.3, 0.4) is 0 Å². The first kappa shape index (κ1) is 13.8. The fourth-order valence-corrected chi connectivity index (χ4v) is 4.53. The van der Waals surface area contributed by atoms with Crippen LogP contribution in [0.2, 0.25) is 5.15 Å². The van der Waals surface area contributed by atoms with Gasteiger partial charge in [0.15, 0.2) is 4.34 Å². The van der Waals surface area contributed by atoms with Crippen molar-refractivity contribution in [3.8, 4) is 0 Å². The van der Waals surface area contributed by atoms with Crippen molar-refractivity contribution in [2.75, 3.05) is 0 Å². The molecule has 0 amide bonds. The van der Waals surface area contributed by atoms with E-state index in [4.69, 9.17) is 11.6 Å². The summed E-state index contributed by atoms with van der Waals surface area (Å²) in [5, 5.41) is 1.41. The van der Waals surface area contributed by atoms with E-state index in [2.05, 4.69) is 34.9 Å². The van der Waals surface area contributed by atoms with Crippen molar-refractivity contribution in [2.24, 2.45) is 0 Å². The molecule has 6 heteroatoms. The van der Waals surface area contributed by atoms with E-state index in [9.17, 15) is 0 Å². The number of thiazole rings is 1. The second-order valence-electron chi connectivity index (χ2n) is 4.59. The third-order valence-electron chi connectivity index (χ3n) is 2.83. The van der Waals surface area contributed by atoms with Gasteiger partial charge in [0.25, 0.3) is 0 Å². The van der Waals surface area contributed by atoms with Crippen molar-refractivity contribution >= 4 is 44.9 Å². The van der Waals surface area contributed by atoms with Crippen LogP contribution in [0.1, 0.15) is 25.3 Å². The summed E-state index contributed by atoms with van der Waals surface area (Å²) in [6.45, 7) is 4.18. The number of halogens is 1. The minimum absolute atomic E-state index is 0.278. The molecule has 0 atom stereocenters. The second kappa shape index (κ2) is 5.68. The molecule has 2 heterocycles. The van der Waals surface area contributed by atoms with Crippen LogP contribution in [0.5, 0.6) is 0 Å². The molecular weight excluding hydrogens is 310 g/mol. The van der Waals surface area contributed by atoms with Crippen LogP contribution in [-0.2, 0) is 0 Å². The molecule has 0 aliphatic heterocycles. The Hall–Kier alpha value is -1.17. The van der Waals surface area contributed by atoms with Crippen molar-refractivity contribution in [1.29, 1.82) is 0 Å². The molecule has 0 aliphatic carbocycles. The highest BCUT2D eigenvalue weighted by Crippen LogP contribution is 2.38. The smallest absolute Gasteiger partial charge is 0.157 e. The molecule has 0 N–H and O–H groups in total. The number of hydrogen-bond acceptors (Lipinski definition) is 5. The molecule has 3 rings (SSSR count). The average Bonchev–Trinajstić information content (AvgIpc) is 2.80. The molecule has 0 saturated carbocycles. The summed E-state index contributed by atoms with van der Waals surface area (Å²) in [6, 6.07) is 8.12. The Morgan fingerprint density at radius 3 is 2.75 bits per heavy atom. The SMILES string of the molecule is CC(C)c1c(Cl)ncnc1Sc1nc2ccccc2s1. The van der Waals surface area contributed by atoms with Gasteiger partial charge in [0.05, 0.1) is 10.2 Å². The largest absolute Gasteiger partial charge is 0.229 e. The van der Waals surface area contributed by atoms with Gasteiger partial charge in [-0.25, -0.2) is 15.0 Å². The van der Waals surface area contributed by atoms with Gasteiger partial charge in [0, 0.05) is 5.56 Å². The molecule has 3 aromatic rings. The van der Waals surface area contributed by atoms with Crippen molar-refractivity contribution in [2.45, 2.75) is 29.1 Å². The Morgan fingerprint density at radius 1 is 1.20 bits per heavy atom. The monoisotopic (exact) mass is 321 g/mol. The first-order chi connectivity index (χ1) is 9.65. The lowest BCUT2D eigenvalue weighted by atomic mass is 10.1. The first-order valence-electron chi connectivity index (χ1n) is 6.19. The quantitative estimate of drug-likeness (QED) is 0.635. The summed E-state index contributed by atoms with van der Waals surface area (Å²) < 4.78 is 2.16. The van der Waals surface area contributed by atoms with Crippen LogP contribution in [-0.4, -0.2) is 15.0 Å². The lowest BCUT2D eigenvalue weighted by molar-refractivity contribution is 0.802. The highest BCUT2D eigenvalue weighted by molar-refractivity contribution is 8.01. The van der Waals surface area contributed by atoms with Crippen molar-refractivity contribution in [1.82, 2.24) is 15.0 Å². The molecule has 102 valence electrons. The maximum absolute atomic E-state index is 6.19. The van der Waals surface area contributed by atoms with Gasteiger partial charge in [-0.15, -0.1) is 11.3 Å². The van der Waals surface area contributed by atoms with E-state index in [1.165, 1.54) is 11.0 Å². The third kappa shape index (κ3) is 2.66. The van der Waals surface area contributed by atoms with E-state index in [0.717, 1.165) is 20.4 Å². The molecule has 2 aromatic heterocycles. The number of nitrogens with zero attached hydrogens (tertiary/aromatic N) is 3. The molecule has 0 radical (unpaired) electrons. The van der Waals surface area contributed by atoms with Crippen LogP contribution in [0.25, 0.3) is 10.2 Å². The van der Waals surface area contributed by atoms with Crippen LogP contribution in [0.15, 0.2) is 40.0 Å². The normalized spacial score (nSPS) is 11.4. The van der Waals surface area contributed by atoms with Crippen molar-refractivity contribution < 1.29 is 0 Å². The van der Waals surface area contributed by atoms with E-state index >= 15 is 0 Å². The standard InChI is InChI=1S/C14H12ClN3S2/c1-8(2)11-12(15)16-7-17-13(11)20-14-18-9-5-3-4-6-10(9)19-14/h3-8H,1-2H3. The minimum Gasteiger partial charge on any atom is -0.229 e. The van der Waals surface area contributed by atoms with Crippen molar-refractivity contribution in [3.05, 3.63) is 41.3 Å². The van der Waals surface area contributed by atoms with Gasteiger partial charge in [-0.3, -0.25) is 0 Å². The lowest BCUT2D eigenvalue weighted by Gasteiger charge is -2.10. The molecule has 1 aromatic carbocycles. The molecule has 0 unspecified atom stereocenters. The Balaban J connectivity index is 2.00. The molecule has 0 saturated heterocycles. The van der Waals surface area contributed by atoms with Crippen LogP contribution in [0.4, 0.5) is 0 Å². The molecule has 3 nitrogen and oxygen atoms in total. The molecule has 20 heavy (non-hydrogen) atoms. The van der Waals surface area contributed by atoms with Gasteiger partial charge in [0.2, 0.25) is 0 Å². The predicted octanol–water partition coefficient (Wildman–Crippen LogP) is 5.01. The number of hydrogen-bond donors (Lipinski definition) is 0. The number of fused-ring (bicyclic) bond motifs is 1. The van der Waals surface area contributed by atoms with Gasteiger partial charge in [-0.1, -0.05) is 37.6 Å². The van der Waals surface area contributed by atoms with E-state index in [1.54, 1.807) is 23.1 Å². The summed E-state index contributed by atoms with van der Waals surface area (Å²) in [5.74, 6) is 0.278. The van der Waals surface area contributed by atoms with E-state index in [1.807, 2.05) is 18.2 Å². The number of rotatable bonds is 3. The van der Waals surface area contributed by atoms with Crippen LogP contribution >= 0.6 is 34.7 Å². The Labute approximate surface area is 130 Å². The summed E-state index contributed by atoms with van der Waals surface area (Å²) in [7, 11) is 0. The average molecular weight is 322 g/mol. The summed E-state index contributed by atoms with van der Waals surface area (Å²) in [6.07, 6.45) is 1.50. The first-order valence-corrected chi connectivity index (χ1v) is 8.20. The maximum atomic E-state index is 6.19. The van der Waals surface area contributed by atoms with Gasteiger partial charge < -0.3 is 0 Å².